The lowest BCUT2D eigenvalue weighted by Gasteiger charge is -2.35. The van der Waals surface area contributed by atoms with Gasteiger partial charge < -0.3 is 4.90 Å². The molecule has 0 atom stereocenters. The molecule has 0 aromatic heterocycles. The molecule has 6 heteroatoms. The molecule has 0 radical (unpaired) electrons. The summed E-state index contributed by atoms with van der Waals surface area (Å²) in [5.74, 6) is 0. The maximum absolute atomic E-state index is 13.3. The molecule has 0 amide bonds. The summed E-state index contributed by atoms with van der Waals surface area (Å²) < 4.78 is 39.8. The number of fused-ring (bicyclic) bond motifs is 2. The van der Waals surface area contributed by atoms with Crippen molar-refractivity contribution in [3.63, 3.8) is 0 Å². The fourth-order valence-corrected chi connectivity index (χ4v) is 4.72. The molecule has 1 heterocycles. The molecule has 1 aliphatic rings. The van der Waals surface area contributed by atoms with Gasteiger partial charge in [0.15, 0.2) is 0 Å². The van der Waals surface area contributed by atoms with Gasteiger partial charge in [0, 0.05) is 15.2 Å². The molecule has 3 aromatic rings. The highest BCUT2D eigenvalue weighted by Gasteiger charge is 2.34. The first-order chi connectivity index (χ1) is 13.8. The van der Waals surface area contributed by atoms with Gasteiger partial charge in [0.25, 0.3) is 0 Å². The van der Waals surface area contributed by atoms with Gasteiger partial charge in [-0.2, -0.15) is 13.2 Å². The first-order valence-electron chi connectivity index (χ1n) is 8.69. The van der Waals surface area contributed by atoms with Crippen LogP contribution in [0.4, 0.5) is 24.5 Å². The number of hydrogen-bond acceptors (Lipinski definition) is 2. The van der Waals surface area contributed by atoms with Crippen LogP contribution in [0.15, 0.2) is 100 Å². The molecule has 3 aromatic carbocycles. The van der Waals surface area contributed by atoms with Gasteiger partial charge >= 0.3 is 6.18 Å². The number of anilines is 2. The molecular formula is C23H15ClF3NS. The monoisotopic (exact) mass is 429 g/mol. The van der Waals surface area contributed by atoms with Crippen molar-refractivity contribution in [2.75, 3.05) is 4.90 Å². The van der Waals surface area contributed by atoms with E-state index in [4.69, 9.17) is 11.6 Å². The lowest BCUT2D eigenvalue weighted by molar-refractivity contribution is -0.137. The fraction of sp³-hybridized carbons (Fsp3) is 0.0435. The summed E-state index contributed by atoms with van der Waals surface area (Å²) in [6.07, 6.45) is -2.83. The van der Waals surface area contributed by atoms with E-state index in [1.807, 2.05) is 47.4 Å². The average Bonchev–Trinajstić information content (AvgIpc) is 2.70. The van der Waals surface area contributed by atoms with Crippen molar-refractivity contribution in [2.45, 2.75) is 11.1 Å². The van der Waals surface area contributed by atoms with E-state index in [0.29, 0.717) is 21.2 Å². The number of alkyl halides is 3. The number of nitrogens with zero attached hydrogens (tertiary/aromatic N) is 1. The molecule has 29 heavy (non-hydrogen) atoms. The van der Waals surface area contributed by atoms with E-state index < -0.39 is 11.7 Å². The Kier molecular flexibility index (Phi) is 4.97. The minimum absolute atomic E-state index is 0.283. The van der Waals surface area contributed by atoms with Crippen LogP contribution < -0.4 is 4.90 Å². The third kappa shape index (κ3) is 3.45. The maximum Gasteiger partial charge on any atom is 0.416 e. The van der Waals surface area contributed by atoms with Crippen LogP contribution in [0.5, 0.6) is 0 Å². The van der Waals surface area contributed by atoms with E-state index in [-0.39, 0.29) is 5.03 Å². The molecule has 0 saturated carbocycles. The number of benzene rings is 3. The average molecular weight is 430 g/mol. The number of rotatable bonds is 3. The minimum Gasteiger partial charge on any atom is -0.306 e. The zero-order valence-electron chi connectivity index (χ0n) is 15.1. The second-order valence-corrected chi connectivity index (χ2v) is 7.98. The zero-order valence-corrected chi connectivity index (χ0v) is 16.7. The Morgan fingerprint density at radius 2 is 1.72 bits per heavy atom. The first kappa shape index (κ1) is 19.7. The Morgan fingerprint density at radius 1 is 1.00 bits per heavy atom. The van der Waals surface area contributed by atoms with Crippen molar-refractivity contribution >= 4 is 45.5 Å². The predicted molar refractivity (Wildman–Crippen MR) is 116 cm³/mol. The van der Waals surface area contributed by atoms with Crippen LogP contribution in [-0.4, -0.2) is 0 Å². The summed E-state index contributed by atoms with van der Waals surface area (Å²) in [6, 6.07) is 17.4. The van der Waals surface area contributed by atoms with Gasteiger partial charge in [-0.1, -0.05) is 79.0 Å². The van der Waals surface area contributed by atoms with Crippen LogP contribution in [0.1, 0.15) is 5.56 Å². The van der Waals surface area contributed by atoms with Gasteiger partial charge in [0.05, 0.1) is 27.7 Å². The standard InChI is InChI=1S/C23H15ClF3NS/c1-3-20-22(14(2)24)28(18-10-6-8-15-7-4-5-9-17(15)18)19-12-11-16(23(25,26)27)13-21(19)29-20/h3-13H,1-2H2. The van der Waals surface area contributed by atoms with Crippen molar-refractivity contribution in [3.8, 4) is 0 Å². The number of hydrogen-bond donors (Lipinski definition) is 0. The second kappa shape index (κ2) is 7.32. The smallest absolute Gasteiger partial charge is 0.306 e. The van der Waals surface area contributed by atoms with Crippen LogP contribution >= 0.6 is 23.4 Å². The minimum atomic E-state index is -4.42. The molecule has 0 N–H and O–H groups in total. The molecular weight excluding hydrogens is 415 g/mol. The molecule has 4 rings (SSSR count). The molecule has 0 unspecified atom stereocenters. The van der Waals surface area contributed by atoms with Crippen LogP contribution in [-0.2, 0) is 6.18 Å². The van der Waals surface area contributed by atoms with Crippen LogP contribution in [0.25, 0.3) is 10.8 Å². The van der Waals surface area contributed by atoms with Crippen molar-refractivity contribution in [3.05, 3.63) is 101 Å². The maximum atomic E-state index is 13.3. The highest BCUT2D eigenvalue weighted by molar-refractivity contribution is 8.03. The van der Waals surface area contributed by atoms with E-state index in [1.54, 1.807) is 6.08 Å². The van der Waals surface area contributed by atoms with E-state index >= 15 is 0 Å². The summed E-state index contributed by atoms with van der Waals surface area (Å²) in [5.41, 5.74) is 1.33. The van der Waals surface area contributed by atoms with Gasteiger partial charge in [-0.05, 0) is 29.7 Å². The number of halogens is 4. The Bertz CT molecular complexity index is 1170. The summed E-state index contributed by atoms with van der Waals surface area (Å²) in [4.78, 5) is 2.98. The number of thioether (sulfide) groups is 1. The Labute approximate surface area is 175 Å². The fourth-order valence-electron chi connectivity index (χ4n) is 3.40. The summed E-state index contributed by atoms with van der Waals surface area (Å²) >= 11 is 7.56. The van der Waals surface area contributed by atoms with Crippen LogP contribution in [0, 0.1) is 0 Å². The largest absolute Gasteiger partial charge is 0.416 e. The van der Waals surface area contributed by atoms with Crippen LogP contribution in [0.2, 0.25) is 0 Å². The summed E-state index contributed by atoms with van der Waals surface area (Å²) in [6.45, 7) is 7.71. The van der Waals surface area contributed by atoms with E-state index in [0.717, 1.165) is 28.6 Å². The Balaban J connectivity index is 2.03. The molecule has 0 aliphatic carbocycles. The quantitative estimate of drug-likeness (QED) is 0.412. The third-order valence-electron chi connectivity index (χ3n) is 4.65. The zero-order chi connectivity index (χ0) is 20.8. The van der Waals surface area contributed by atoms with Gasteiger partial charge in [0.1, 0.15) is 0 Å². The molecule has 0 spiro atoms. The highest BCUT2D eigenvalue weighted by atomic mass is 35.5. The predicted octanol–water partition coefficient (Wildman–Crippen LogP) is 8.25. The van der Waals surface area contributed by atoms with Gasteiger partial charge in [-0.15, -0.1) is 0 Å². The Morgan fingerprint density at radius 3 is 2.41 bits per heavy atom. The number of allylic oxidation sites excluding steroid dienone is 2. The Hall–Kier alpha value is -2.63. The van der Waals surface area contributed by atoms with Crippen molar-refractivity contribution in [2.24, 2.45) is 0 Å². The van der Waals surface area contributed by atoms with E-state index in [1.165, 1.54) is 17.8 Å². The van der Waals surface area contributed by atoms with E-state index in [2.05, 4.69) is 13.2 Å². The lowest BCUT2D eigenvalue weighted by atomic mass is 10.1. The lowest BCUT2D eigenvalue weighted by Crippen LogP contribution is -2.22. The van der Waals surface area contributed by atoms with Gasteiger partial charge in [-0.3, -0.25) is 0 Å². The van der Waals surface area contributed by atoms with Crippen molar-refractivity contribution in [1.29, 1.82) is 0 Å². The van der Waals surface area contributed by atoms with E-state index in [9.17, 15) is 13.2 Å². The summed E-state index contributed by atoms with van der Waals surface area (Å²) in [5, 5.41) is 2.24. The van der Waals surface area contributed by atoms with Crippen LogP contribution in [0.3, 0.4) is 0 Å². The first-order valence-corrected chi connectivity index (χ1v) is 9.89. The van der Waals surface area contributed by atoms with Crippen molar-refractivity contribution in [1.82, 2.24) is 0 Å². The third-order valence-corrected chi connectivity index (χ3v) is 5.96. The SMILES string of the molecule is C=CC1=C(C(=C)Cl)N(c2cccc3ccccc23)c2ccc(C(F)(F)F)cc2S1. The molecule has 1 aliphatic heterocycles. The highest BCUT2D eigenvalue weighted by Crippen LogP contribution is 2.51. The van der Waals surface area contributed by atoms with Crippen molar-refractivity contribution < 1.29 is 13.2 Å². The normalized spacial score (nSPS) is 14.1. The van der Waals surface area contributed by atoms with Gasteiger partial charge in [0.2, 0.25) is 0 Å². The summed E-state index contributed by atoms with van der Waals surface area (Å²) in [7, 11) is 0. The molecule has 0 bridgehead atoms. The molecule has 0 fully saturated rings. The molecule has 1 nitrogen and oxygen atoms in total. The van der Waals surface area contributed by atoms with Gasteiger partial charge in [-0.25, -0.2) is 0 Å². The second-order valence-electron chi connectivity index (χ2n) is 6.44. The topological polar surface area (TPSA) is 3.24 Å². The molecule has 146 valence electrons. The molecule has 0 saturated heterocycles.